The Morgan fingerprint density at radius 2 is 1.93 bits per heavy atom. The third-order valence-corrected chi connectivity index (χ3v) is 2.08. The van der Waals surface area contributed by atoms with Crippen molar-refractivity contribution in [1.82, 2.24) is 4.90 Å². The number of rotatable bonds is 5. The van der Waals surface area contributed by atoms with E-state index in [-0.39, 0.29) is 19.2 Å². The molecule has 1 unspecified atom stereocenters. The maximum atomic E-state index is 11.0. The van der Waals surface area contributed by atoms with Crippen molar-refractivity contribution in [3.8, 4) is 0 Å². The lowest BCUT2D eigenvalue weighted by molar-refractivity contribution is -0.167. The van der Waals surface area contributed by atoms with E-state index in [9.17, 15) is 9.59 Å². The molecule has 1 saturated heterocycles. The number of ether oxygens (including phenoxy) is 3. The molecule has 1 heterocycles. The van der Waals surface area contributed by atoms with Crippen LogP contribution in [0.4, 0.5) is 0 Å². The van der Waals surface area contributed by atoms with Crippen LogP contribution in [0, 0.1) is 0 Å². The quantitative estimate of drug-likeness (QED) is 0.436. The minimum Gasteiger partial charge on any atom is -0.391 e. The van der Waals surface area contributed by atoms with Gasteiger partial charge in [0, 0.05) is 20.8 Å². The van der Waals surface area contributed by atoms with E-state index in [4.69, 9.17) is 9.47 Å². The molecule has 0 N–H and O–H groups in total. The molecule has 1 atom stereocenters. The molecular formula is C9H15NO5. The maximum Gasteiger partial charge on any atom is 0.327 e. The van der Waals surface area contributed by atoms with Gasteiger partial charge in [-0.05, 0) is 0 Å². The van der Waals surface area contributed by atoms with E-state index in [1.165, 1.54) is 0 Å². The highest BCUT2D eigenvalue weighted by Gasteiger charge is 2.26. The minimum absolute atomic E-state index is 0.120. The highest BCUT2D eigenvalue weighted by Crippen LogP contribution is 2.03. The van der Waals surface area contributed by atoms with E-state index in [2.05, 4.69) is 4.74 Å². The molecule has 1 rings (SSSR count). The second-order valence-corrected chi connectivity index (χ2v) is 3.33. The fourth-order valence-electron chi connectivity index (χ4n) is 1.41. The molecule has 0 aromatic heterocycles. The molecule has 6 heteroatoms. The average Bonchev–Trinajstić information content (AvgIpc) is 2.15. The normalized spacial score (nSPS) is 20.1. The first-order chi connectivity index (χ1) is 7.15. The van der Waals surface area contributed by atoms with Gasteiger partial charge in [-0.3, -0.25) is 14.5 Å². The van der Waals surface area contributed by atoms with Crippen molar-refractivity contribution in [2.75, 3.05) is 40.5 Å². The molecule has 0 amide bonds. The number of carbonyl (C=O) groups is 2. The van der Waals surface area contributed by atoms with E-state index in [0.29, 0.717) is 13.2 Å². The number of hydrogen-bond donors (Lipinski definition) is 0. The highest BCUT2D eigenvalue weighted by atomic mass is 16.6. The molecule has 0 saturated carbocycles. The van der Waals surface area contributed by atoms with Crippen molar-refractivity contribution in [1.29, 1.82) is 0 Å². The van der Waals surface area contributed by atoms with E-state index < -0.39 is 11.9 Å². The Kier molecular flexibility index (Phi) is 4.67. The Labute approximate surface area is 88.1 Å². The number of cyclic esters (lactones) is 2. The Balaban J connectivity index is 2.42. The molecule has 0 aliphatic carbocycles. The summed E-state index contributed by atoms with van der Waals surface area (Å²) in [5, 5.41) is 0. The van der Waals surface area contributed by atoms with Gasteiger partial charge in [0.25, 0.3) is 0 Å². The first-order valence-electron chi connectivity index (χ1n) is 4.63. The SMILES string of the molecule is COCC(CN1CC(=O)OC(=O)C1)OC. The molecule has 0 aromatic carbocycles. The molecule has 15 heavy (non-hydrogen) atoms. The monoisotopic (exact) mass is 217 g/mol. The fourth-order valence-corrected chi connectivity index (χ4v) is 1.41. The van der Waals surface area contributed by atoms with Crippen molar-refractivity contribution in [2.45, 2.75) is 6.10 Å². The van der Waals surface area contributed by atoms with Gasteiger partial charge in [0.1, 0.15) is 0 Å². The molecule has 0 bridgehead atoms. The van der Waals surface area contributed by atoms with E-state index >= 15 is 0 Å². The summed E-state index contributed by atoms with van der Waals surface area (Å²) in [4.78, 5) is 23.6. The lowest BCUT2D eigenvalue weighted by Crippen LogP contribution is -2.47. The molecule has 1 aliphatic rings. The number of methoxy groups -OCH3 is 2. The Hall–Kier alpha value is -0.980. The Morgan fingerprint density at radius 1 is 1.33 bits per heavy atom. The number of esters is 2. The summed E-state index contributed by atoms with van der Waals surface area (Å²) in [6.07, 6.45) is -0.145. The van der Waals surface area contributed by atoms with Gasteiger partial charge in [0.2, 0.25) is 0 Å². The van der Waals surface area contributed by atoms with Crippen LogP contribution in [0.1, 0.15) is 0 Å². The van der Waals surface area contributed by atoms with Crippen LogP contribution in [0.15, 0.2) is 0 Å². The van der Waals surface area contributed by atoms with Gasteiger partial charge in [-0.1, -0.05) is 0 Å². The van der Waals surface area contributed by atoms with Gasteiger partial charge < -0.3 is 14.2 Å². The van der Waals surface area contributed by atoms with Gasteiger partial charge in [0.15, 0.2) is 0 Å². The molecule has 1 fully saturated rings. The molecule has 0 aromatic rings. The topological polar surface area (TPSA) is 65.1 Å². The molecule has 1 aliphatic heterocycles. The zero-order chi connectivity index (χ0) is 11.3. The zero-order valence-corrected chi connectivity index (χ0v) is 8.89. The van der Waals surface area contributed by atoms with E-state index in [1.807, 2.05) is 0 Å². The van der Waals surface area contributed by atoms with Crippen LogP contribution in [0.5, 0.6) is 0 Å². The number of morpholine rings is 1. The van der Waals surface area contributed by atoms with Gasteiger partial charge >= 0.3 is 11.9 Å². The van der Waals surface area contributed by atoms with Gasteiger partial charge in [-0.25, -0.2) is 0 Å². The molecule has 86 valence electrons. The van der Waals surface area contributed by atoms with Crippen LogP contribution in [0.2, 0.25) is 0 Å². The van der Waals surface area contributed by atoms with E-state index in [1.54, 1.807) is 19.1 Å². The predicted molar refractivity (Wildman–Crippen MR) is 50.2 cm³/mol. The second-order valence-electron chi connectivity index (χ2n) is 3.33. The third-order valence-electron chi connectivity index (χ3n) is 2.08. The molecule has 6 nitrogen and oxygen atoms in total. The standard InChI is InChI=1S/C9H15NO5/c1-13-6-7(14-2)3-10-4-8(11)15-9(12)5-10/h7H,3-6H2,1-2H3. The first kappa shape index (κ1) is 12.1. The van der Waals surface area contributed by atoms with Crippen LogP contribution in [0.25, 0.3) is 0 Å². The average molecular weight is 217 g/mol. The minimum atomic E-state index is -0.515. The lowest BCUT2D eigenvalue weighted by atomic mass is 10.3. The Morgan fingerprint density at radius 3 is 2.40 bits per heavy atom. The van der Waals surface area contributed by atoms with Crippen molar-refractivity contribution >= 4 is 11.9 Å². The summed E-state index contributed by atoms with van der Waals surface area (Å²) in [5.41, 5.74) is 0. The van der Waals surface area contributed by atoms with Crippen LogP contribution in [-0.4, -0.2) is 63.4 Å². The summed E-state index contributed by atoms with van der Waals surface area (Å²) in [5.74, 6) is -1.03. The summed E-state index contributed by atoms with van der Waals surface area (Å²) >= 11 is 0. The van der Waals surface area contributed by atoms with Crippen LogP contribution < -0.4 is 0 Å². The molecule has 0 radical (unpaired) electrons. The van der Waals surface area contributed by atoms with Crippen LogP contribution in [0.3, 0.4) is 0 Å². The first-order valence-corrected chi connectivity index (χ1v) is 4.63. The number of carbonyl (C=O) groups excluding carboxylic acids is 2. The zero-order valence-electron chi connectivity index (χ0n) is 8.89. The lowest BCUT2D eigenvalue weighted by Gasteiger charge is -2.27. The van der Waals surface area contributed by atoms with E-state index in [0.717, 1.165) is 0 Å². The Bertz CT molecular complexity index is 227. The van der Waals surface area contributed by atoms with Gasteiger partial charge in [-0.2, -0.15) is 0 Å². The van der Waals surface area contributed by atoms with Crippen molar-refractivity contribution in [3.05, 3.63) is 0 Å². The van der Waals surface area contributed by atoms with Crippen LogP contribution in [-0.2, 0) is 23.8 Å². The van der Waals surface area contributed by atoms with Gasteiger partial charge in [0.05, 0.1) is 25.8 Å². The molecular weight excluding hydrogens is 202 g/mol. The third kappa shape index (κ3) is 3.94. The summed E-state index contributed by atoms with van der Waals surface area (Å²) in [6.45, 7) is 1.14. The largest absolute Gasteiger partial charge is 0.391 e. The van der Waals surface area contributed by atoms with Crippen molar-refractivity contribution in [2.24, 2.45) is 0 Å². The maximum absolute atomic E-state index is 11.0. The number of nitrogens with zero attached hydrogens (tertiary/aromatic N) is 1. The van der Waals surface area contributed by atoms with Crippen molar-refractivity contribution in [3.63, 3.8) is 0 Å². The summed E-state index contributed by atoms with van der Waals surface area (Å²) < 4.78 is 14.5. The number of hydrogen-bond acceptors (Lipinski definition) is 6. The smallest absolute Gasteiger partial charge is 0.327 e. The van der Waals surface area contributed by atoms with Crippen molar-refractivity contribution < 1.29 is 23.8 Å². The summed E-state index contributed by atoms with van der Waals surface area (Å²) in [6, 6.07) is 0. The predicted octanol–water partition coefficient (Wildman–Crippen LogP) is -0.967. The highest BCUT2D eigenvalue weighted by molar-refractivity contribution is 5.90. The molecule has 0 spiro atoms. The van der Waals surface area contributed by atoms with Crippen LogP contribution >= 0.6 is 0 Å². The summed E-state index contributed by atoms with van der Waals surface area (Å²) in [7, 11) is 3.13. The van der Waals surface area contributed by atoms with Gasteiger partial charge in [-0.15, -0.1) is 0 Å². The second kappa shape index (κ2) is 5.79. The fraction of sp³-hybridized carbons (Fsp3) is 0.778.